The van der Waals surface area contributed by atoms with Gasteiger partial charge in [0, 0.05) is 11.4 Å². The minimum atomic E-state index is -0.315. The Morgan fingerprint density at radius 3 is 2.24 bits per heavy atom. The molecule has 1 aromatic heterocycles. The number of aromatic nitrogens is 2. The predicted octanol–water partition coefficient (Wildman–Crippen LogP) is -0.0199. The van der Waals surface area contributed by atoms with Crippen molar-refractivity contribution in [2.24, 2.45) is 0 Å². The van der Waals surface area contributed by atoms with Gasteiger partial charge in [0.2, 0.25) is 5.95 Å². The third-order valence-corrected chi connectivity index (χ3v) is 2.10. The van der Waals surface area contributed by atoms with Crippen LogP contribution in [0.2, 0.25) is 0 Å². The van der Waals surface area contributed by atoms with Crippen molar-refractivity contribution in [1.82, 2.24) is 9.97 Å². The molecule has 0 radical (unpaired) electrons. The number of anilines is 2. The normalized spacial score (nSPS) is 9.59. The van der Waals surface area contributed by atoms with Crippen LogP contribution in [0.15, 0.2) is 30.3 Å². The van der Waals surface area contributed by atoms with E-state index in [1.54, 1.807) is 18.2 Å². The van der Waals surface area contributed by atoms with Crippen molar-refractivity contribution in [3.8, 4) is 0 Å². The summed E-state index contributed by atoms with van der Waals surface area (Å²) >= 11 is 0. The number of rotatable bonds is 2. The second kappa shape index (κ2) is 5.59. The topological polar surface area (TPSA) is 37.8 Å². The van der Waals surface area contributed by atoms with Crippen molar-refractivity contribution in [2.75, 3.05) is 5.32 Å². The Morgan fingerprint density at radius 1 is 1.06 bits per heavy atom. The number of nitrogens with zero attached hydrogens (tertiary/aromatic N) is 2. The first-order valence-electron chi connectivity index (χ1n) is 4.99. The average Bonchev–Trinajstić information content (AvgIpc) is 2.20. The summed E-state index contributed by atoms with van der Waals surface area (Å²) in [5.41, 5.74) is 2.09. The molecule has 2 rings (SSSR count). The highest BCUT2D eigenvalue weighted by Gasteiger charge is 2.03. The minimum absolute atomic E-state index is 0. The van der Waals surface area contributed by atoms with E-state index in [0.29, 0.717) is 11.6 Å². The molecule has 2 aromatic rings. The number of hydrogen-bond donors (Lipinski definition) is 1. The van der Waals surface area contributed by atoms with E-state index in [-0.39, 0.29) is 18.2 Å². The Labute approximate surface area is 106 Å². The molecule has 0 fully saturated rings. The van der Waals surface area contributed by atoms with Crippen LogP contribution in [0.3, 0.4) is 0 Å². The summed E-state index contributed by atoms with van der Waals surface area (Å²) in [6, 6.07) is 8.31. The van der Waals surface area contributed by atoms with Crippen LogP contribution in [0.5, 0.6) is 0 Å². The van der Waals surface area contributed by atoms with Gasteiger partial charge < -0.3 is 17.7 Å². The second-order valence-corrected chi connectivity index (χ2v) is 3.58. The van der Waals surface area contributed by atoms with Gasteiger partial charge >= 0.3 is 0 Å². The molecule has 0 aliphatic rings. The summed E-state index contributed by atoms with van der Waals surface area (Å²) in [7, 11) is 0. The molecule has 1 heterocycles. The van der Waals surface area contributed by atoms with Gasteiger partial charge in [0.1, 0.15) is 5.82 Å². The van der Waals surface area contributed by atoms with E-state index in [1.165, 1.54) is 6.07 Å². The average molecular weight is 253 g/mol. The Kier molecular flexibility index (Phi) is 4.40. The third kappa shape index (κ3) is 3.39. The Bertz CT molecular complexity index is 497. The van der Waals surface area contributed by atoms with E-state index in [0.717, 1.165) is 11.4 Å². The van der Waals surface area contributed by atoms with Crippen LogP contribution in [0.1, 0.15) is 11.4 Å². The highest BCUT2D eigenvalue weighted by Crippen LogP contribution is 2.16. The molecule has 0 amide bonds. The van der Waals surface area contributed by atoms with E-state index in [2.05, 4.69) is 15.3 Å². The largest absolute Gasteiger partial charge is 1.00 e. The maximum Gasteiger partial charge on any atom is 0.227 e. The summed E-state index contributed by atoms with van der Waals surface area (Å²) < 4.78 is 13.4. The quantitative estimate of drug-likeness (QED) is 0.817. The van der Waals surface area contributed by atoms with Gasteiger partial charge in [-0.05, 0) is 32.0 Å². The molecule has 17 heavy (non-hydrogen) atoms. The predicted molar refractivity (Wildman–Crippen MR) is 61.2 cm³/mol. The number of nitrogens with one attached hydrogen (secondary N) is 1. The lowest BCUT2D eigenvalue weighted by Crippen LogP contribution is -3.00. The van der Waals surface area contributed by atoms with Crippen LogP contribution >= 0.6 is 0 Å². The summed E-state index contributed by atoms with van der Waals surface area (Å²) in [4.78, 5) is 8.36. The highest BCUT2D eigenvalue weighted by molar-refractivity contribution is 5.53. The molecule has 0 atom stereocenters. The van der Waals surface area contributed by atoms with E-state index in [9.17, 15) is 4.39 Å². The van der Waals surface area contributed by atoms with Crippen molar-refractivity contribution in [2.45, 2.75) is 13.8 Å². The monoisotopic (exact) mass is 252 g/mol. The van der Waals surface area contributed by atoms with Gasteiger partial charge in [-0.15, -0.1) is 0 Å². The number of benzene rings is 1. The van der Waals surface area contributed by atoms with E-state index < -0.39 is 0 Å². The Balaban J connectivity index is 0.00000144. The molecule has 0 aliphatic heterocycles. The molecular formula is C12H12ClFN3-. The number of aryl methyl sites for hydroxylation is 2. The van der Waals surface area contributed by atoms with Crippen molar-refractivity contribution in [3.63, 3.8) is 0 Å². The fourth-order valence-corrected chi connectivity index (χ4v) is 1.46. The molecular weight excluding hydrogens is 241 g/mol. The Hall–Kier alpha value is -1.68. The summed E-state index contributed by atoms with van der Waals surface area (Å²) in [5.74, 6) is 0.104. The Morgan fingerprint density at radius 2 is 1.65 bits per heavy atom. The lowest BCUT2D eigenvalue weighted by Gasteiger charge is -2.06. The van der Waals surface area contributed by atoms with Gasteiger partial charge in [-0.1, -0.05) is 12.1 Å². The SMILES string of the molecule is Cc1cc(C)nc(Nc2ccccc2F)n1.[Cl-]. The summed E-state index contributed by atoms with van der Waals surface area (Å²) in [6.45, 7) is 3.75. The maximum atomic E-state index is 13.4. The van der Waals surface area contributed by atoms with Gasteiger partial charge in [-0.2, -0.15) is 0 Å². The van der Waals surface area contributed by atoms with Crippen molar-refractivity contribution in [1.29, 1.82) is 0 Å². The summed E-state index contributed by atoms with van der Waals surface area (Å²) in [6.07, 6.45) is 0. The molecule has 3 nitrogen and oxygen atoms in total. The van der Waals surface area contributed by atoms with Crippen LogP contribution in [0.25, 0.3) is 0 Å². The molecule has 0 saturated heterocycles. The van der Waals surface area contributed by atoms with E-state index in [1.807, 2.05) is 19.9 Å². The fourth-order valence-electron chi connectivity index (χ4n) is 1.46. The van der Waals surface area contributed by atoms with Crippen LogP contribution in [0.4, 0.5) is 16.0 Å². The molecule has 5 heteroatoms. The lowest BCUT2D eigenvalue weighted by atomic mass is 10.3. The number of halogens is 2. The third-order valence-electron chi connectivity index (χ3n) is 2.10. The van der Waals surface area contributed by atoms with Crippen LogP contribution in [0, 0.1) is 19.7 Å². The van der Waals surface area contributed by atoms with E-state index in [4.69, 9.17) is 0 Å². The van der Waals surface area contributed by atoms with Gasteiger partial charge in [-0.25, -0.2) is 14.4 Å². The maximum absolute atomic E-state index is 13.4. The van der Waals surface area contributed by atoms with Crippen molar-refractivity contribution >= 4 is 11.6 Å². The second-order valence-electron chi connectivity index (χ2n) is 3.58. The van der Waals surface area contributed by atoms with Crippen LogP contribution in [-0.4, -0.2) is 9.97 Å². The first kappa shape index (κ1) is 13.4. The van der Waals surface area contributed by atoms with Crippen LogP contribution in [-0.2, 0) is 0 Å². The minimum Gasteiger partial charge on any atom is -1.00 e. The van der Waals surface area contributed by atoms with E-state index >= 15 is 0 Å². The molecule has 0 bridgehead atoms. The standard InChI is InChI=1S/C12H12FN3.ClH/c1-8-7-9(2)15-12(14-8)16-11-6-4-3-5-10(11)13;/h3-7H,1-2H3,(H,14,15,16);1H/p-1. The molecule has 1 N–H and O–H groups in total. The molecule has 90 valence electrons. The zero-order valence-corrected chi connectivity index (χ0v) is 10.3. The lowest BCUT2D eigenvalue weighted by molar-refractivity contribution is -0.00000421. The smallest absolute Gasteiger partial charge is 0.227 e. The first-order valence-corrected chi connectivity index (χ1v) is 4.99. The van der Waals surface area contributed by atoms with Gasteiger partial charge in [0.05, 0.1) is 5.69 Å². The van der Waals surface area contributed by atoms with Crippen LogP contribution < -0.4 is 17.7 Å². The molecule has 0 aliphatic carbocycles. The van der Waals surface area contributed by atoms with Gasteiger partial charge in [0.25, 0.3) is 0 Å². The number of para-hydroxylation sites is 1. The van der Waals surface area contributed by atoms with Crippen molar-refractivity contribution < 1.29 is 16.8 Å². The molecule has 0 saturated carbocycles. The molecule has 0 spiro atoms. The highest BCUT2D eigenvalue weighted by atomic mass is 35.5. The first-order chi connectivity index (χ1) is 7.65. The zero-order chi connectivity index (χ0) is 11.5. The number of hydrogen-bond acceptors (Lipinski definition) is 3. The molecule has 0 unspecified atom stereocenters. The fraction of sp³-hybridized carbons (Fsp3) is 0.167. The van der Waals surface area contributed by atoms with Gasteiger partial charge in [-0.3, -0.25) is 0 Å². The van der Waals surface area contributed by atoms with Gasteiger partial charge in [0.15, 0.2) is 0 Å². The van der Waals surface area contributed by atoms with Crippen molar-refractivity contribution in [3.05, 3.63) is 47.5 Å². The zero-order valence-electron chi connectivity index (χ0n) is 9.54. The molecule has 1 aromatic carbocycles. The summed E-state index contributed by atoms with van der Waals surface area (Å²) in [5, 5.41) is 2.86.